The first kappa shape index (κ1) is 14.8. The van der Waals surface area contributed by atoms with E-state index in [-0.39, 0.29) is 0 Å². The highest BCUT2D eigenvalue weighted by Gasteiger charge is 2.19. The van der Waals surface area contributed by atoms with E-state index in [4.69, 9.17) is 9.84 Å². The maximum Gasteiger partial charge on any atom is 0.407 e. The monoisotopic (exact) mass is 315 g/mol. The molecule has 0 radical (unpaired) electrons. The second kappa shape index (κ2) is 5.61. The lowest BCUT2D eigenvalue weighted by Gasteiger charge is -2.21. The summed E-state index contributed by atoms with van der Waals surface area (Å²) < 4.78 is 6.44. The van der Waals surface area contributed by atoms with Crippen LogP contribution >= 0.6 is 15.9 Å². The Morgan fingerprint density at radius 1 is 1.28 bits per heavy atom. The summed E-state index contributed by atoms with van der Waals surface area (Å²) in [6.07, 6.45) is -0.953. The van der Waals surface area contributed by atoms with Crippen molar-refractivity contribution in [3.05, 3.63) is 26.7 Å². The van der Waals surface area contributed by atoms with E-state index < -0.39 is 6.09 Å². The Bertz CT molecular complexity index is 486. The summed E-state index contributed by atoms with van der Waals surface area (Å²) in [5, 5.41) is 8.96. The predicted molar refractivity (Wildman–Crippen MR) is 74.4 cm³/mol. The lowest BCUT2D eigenvalue weighted by atomic mass is 9.98. The molecule has 0 heterocycles. The van der Waals surface area contributed by atoms with Crippen LogP contribution in [0, 0.1) is 20.8 Å². The lowest BCUT2D eigenvalue weighted by Crippen LogP contribution is -2.25. The van der Waals surface area contributed by atoms with Crippen molar-refractivity contribution in [1.29, 1.82) is 0 Å². The van der Waals surface area contributed by atoms with E-state index in [0.29, 0.717) is 6.54 Å². The van der Waals surface area contributed by atoms with Gasteiger partial charge in [0.05, 0.1) is 13.7 Å². The molecule has 0 saturated heterocycles. The second-order valence-corrected chi connectivity index (χ2v) is 5.13. The molecule has 5 heteroatoms. The molecule has 0 aliphatic heterocycles. The van der Waals surface area contributed by atoms with Crippen LogP contribution in [0.3, 0.4) is 0 Å². The average molecular weight is 316 g/mol. The van der Waals surface area contributed by atoms with Crippen LogP contribution in [0.5, 0.6) is 5.75 Å². The van der Waals surface area contributed by atoms with Gasteiger partial charge in [-0.15, -0.1) is 0 Å². The van der Waals surface area contributed by atoms with Gasteiger partial charge in [0.1, 0.15) is 5.75 Å². The summed E-state index contributed by atoms with van der Waals surface area (Å²) in [6.45, 7) is 6.26. The van der Waals surface area contributed by atoms with E-state index in [0.717, 1.165) is 32.5 Å². The Hall–Kier alpha value is -1.23. The maximum absolute atomic E-state index is 10.9. The highest BCUT2D eigenvalue weighted by atomic mass is 79.9. The number of hydrogen-bond donors (Lipinski definition) is 1. The predicted octanol–water partition coefficient (Wildman–Crippen LogP) is 3.49. The first-order valence-corrected chi connectivity index (χ1v) is 6.36. The molecule has 1 amide bonds. The van der Waals surface area contributed by atoms with Crippen LogP contribution in [-0.2, 0) is 6.54 Å². The number of halogens is 1. The molecule has 18 heavy (non-hydrogen) atoms. The van der Waals surface area contributed by atoms with Gasteiger partial charge in [0, 0.05) is 17.1 Å². The molecule has 0 unspecified atom stereocenters. The van der Waals surface area contributed by atoms with Crippen molar-refractivity contribution in [1.82, 2.24) is 4.90 Å². The third-order valence-electron chi connectivity index (χ3n) is 3.21. The van der Waals surface area contributed by atoms with Crippen LogP contribution in [-0.4, -0.2) is 30.3 Å². The lowest BCUT2D eigenvalue weighted by molar-refractivity contribution is 0.153. The fourth-order valence-corrected chi connectivity index (χ4v) is 2.45. The number of hydrogen-bond acceptors (Lipinski definition) is 2. The van der Waals surface area contributed by atoms with Crippen molar-refractivity contribution in [3.63, 3.8) is 0 Å². The summed E-state index contributed by atoms with van der Waals surface area (Å²) in [5.74, 6) is 0.765. The largest absolute Gasteiger partial charge is 0.496 e. The van der Waals surface area contributed by atoms with Crippen LogP contribution in [0.2, 0.25) is 0 Å². The van der Waals surface area contributed by atoms with Gasteiger partial charge in [-0.3, -0.25) is 0 Å². The van der Waals surface area contributed by atoms with E-state index >= 15 is 0 Å². The van der Waals surface area contributed by atoms with E-state index in [2.05, 4.69) is 15.9 Å². The number of benzene rings is 1. The normalized spacial score (nSPS) is 10.3. The smallest absolute Gasteiger partial charge is 0.407 e. The minimum Gasteiger partial charge on any atom is -0.496 e. The van der Waals surface area contributed by atoms with Gasteiger partial charge in [-0.2, -0.15) is 0 Å². The second-order valence-electron chi connectivity index (χ2n) is 4.34. The van der Waals surface area contributed by atoms with E-state index in [1.165, 1.54) is 4.90 Å². The van der Waals surface area contributed by atoms with Gasteiger partial charge in [-0.05, 0) is 37.5 Å². The molecule has 0 fully saturated rings. The highest BCUT2D eigenvalue weighted by molar-refractivity contribution is 9.10. The zero-order chi connectivity index (χ0) is 14.0. The quantitative estimate of drug-likeness (QED) is 0.928. The third-order valence-corrected chi connectivity index (χ3v) is 4.40. The molecule has 0 atom stereocenters. The molecular formula is C13H18BrNO3. The standard InChI is InChI=1S/C13H18BrNO3/c1-7-8(2)12(18-5)10(9(3)11(7)14)6-15(4)13(16)17/h6H2,1-5H3,(H,16,17). The van der Waals surface area contributed by atoms with Crippen LogP contribution in [0.25, 0.3) is 0 Å². The molecule has 1 aromatic rings. The Labute approximate surface area is 116 Å². The number of ether oxygens (including phenoxy) is 1. The summed E-state index contributed by atoms with van der Waals surface area (Å²) in [6, 6.07) is 0. The Balaban J connectivity index is 3.38. The molecule has 4 nitrogen and oxygen atoms in total. The molecule has 1 rings (SSSR count). The van der Waals surface area contributed by atoms with Gasteiger partial charge in [-0.1, -0.05) is 15.9 Å². The summed E-state index contributed by atoms with van der Waals surface area (Å²) >= 11 is 3.55. The molecular weight excluding hydrogens is 298 g/mol. The van der Waals surface area contributed by atoms with Gasteiger partial charge in [-0.25, -0.2) is 4.79 Å². The Morgan fingerprint density at radius 3 is 2.28 bits per heavy atom. The van der Waals surface area contributed by atoms with Gasteiger partial charge in [0.2, 0.25) is 0 Å². The summed E-state index contributed by atoms with van der Waals surface area (Å²) in [4.78, 5) is 12.2. The fourth-order valence-electron chi connectivity index (χ4n) is 1.92. The summed E-state index contributed by atoms with van der Waals surface area (Å²) in [5.41, 5.74) is 4.07. The molecule has 0 spiro atoms. The first-order valence-electron chi connectivity index (χ1n) is 5.57. The van der Waals surface area contributed by atoms with E-state index in [9.17, 15) is 4.79 Å². The maximum atomic E-state index is 10.9. The van der Waals surface area contributed by atoms with Gasteiger partial charge < -0.3 is 14.7 Å². The van der Waals surface area contributed by atoms with Crippen molar-refractivity contribution in [2.75, 3.05) is 14.2 Å². The molecule has 1 aromatic carbocycles. The average Bonchev–Trinajstić information content (AvgIpc) is 2.33. The fraction of sp³-hybridized carbons (Fsp3) is 0.462. The van der Waals surface area contributed by atoms with Crippen molar-refractivity contribution in [2.45, 2.75) is 27.3 Å². The Morgan fingerprint density at radius 2 is 1.83 bits per heavy atom. The molecule has 0 aromatic heterocycles. The van der Waals surface area contributed by atoms with E-state index in [1.54, 1.807) is 14.2 Å². The SMILES string of the molecule is COc1c(C)c(C)c(Br)c(C)c1CN(C)C(=O)O. The highest BCUT2D eigenvalue weighted by Crippen LogP contribution is 2.36. The number of methoxy groups -OCH3 is 1. The number of rotatable bonds is 3. The molecule has 0 aliphatic carbocycles. The number of carboxylic acid groups (broad SMARTS) is 1. The molecule has 1 N–H and O–H groups in total. The van der Waals surface area contributed by atoms with Crippen molar-refractivity contribution < 1.29 is 14.6 Å². The van der Waals surface area contributed by atoms with Gasteiger partial charge in [0.15, 0.2) is 0 Å². The van der Waals surface area contributed by atoms with Crippen molar-refractivity contribution in [2.24, 2.45) is 0 Å². The minimum absolute atomic E-state index is 0.310. The van der Waals surface area contributed by atoms with Crippen LogP contribution in [0.15, 0.2) is 4.47 Å². The van der Waals surface area contributed by atoms with Gasteiger partial charge >= 0.3 is 6.09 Å². The number of carbonyl (C=O) groups is 1. The zero-order valence-corrected chi connectivity index (χ0v) is 12.9. The van der Waals surface area contributed by atoms with Crippen LogP contribution < -0.4 is 4.74 Å². The van der Waals surface area contributed by atoms with Crippen molar-refractivity contribution in [3.8, 4) is 5.75 Å². The third kappa shape index (κ3) is 2.61. The molecule has 0 aliphatic rings. The minimum atomic E-state index is -0.953. The molecule has 0 bridgehead atoms. The Kier molecular flexibility index (Phi) is 4.62. The number of nitrogens with zero attached hydrogens (tertiary/aromatic N) is 1. The number of amides is 1. The van der Waals surface area contributed by atoms with Gasteiger partial charge in [0.25, 0.3) is 0 Å². The molecule has 100 valence electrons. The topological polar surface area (TPSA) is 49.8 Å². The first-order chi connectivity index (χ1) is 8.31. The van der Waals surface area contributed by atoms with E-state index in [1.807, 2.05) is 20.8 Å². The van der Waals surface area contributed by atoms with Crippen LogP contribution in [0.1, 0.15) is 22.3 Å². The van der Waals surface area contributed by atoms with Crippen LogP contribution in [0.4, 0.5) is 4.79 Å². The zero-order valence-electron chi connectivity index (χ0n) is 11.3. The molecule has 0 saturated carbocycles. The van der Waals surface area contributed by atoms with Crippen molar-refractivity contribution >= 4 is 22.0 Å². The summed E-state index contributed by atoms with van der Waals surface area (Å²) in [7, 11) is 3.16.